The smallest absolute Gasteiger partial charge is 0.179 e. The molecule has 4 nitrogen and oxygen atoms in total. The van der Waals surface area contributed by atoms with Crippen molar-refractivity contribution < 1.29 is 19.9 Å². The van der Waals surface area contributed by atoms with Gasteiger partial charge in [-0.2, -0.15) is 0 Å². The van der Waals surface area contributed by atoms with Gasteiger partial charge in [-0.25, -0.2) is 0 Å². The number of benzene rings is 2. The summed E-state index contributed by atoms with van der Waals surface area (Å²) in [6.45, 7) is 3.75. The number of hydrogen-bond donors (Lipinski definition) is 2. The molecule has 0 saturated carbocycles. The van der Waals surface area contributed by atoms with Crippen LogP contribution >= 0.6 is 11.6 Å². The Hall–Kier alpha value is -1.75. The van der Waals surface area contributed by atoms with Crippen LogP contribution < -0.4 is 14.8 Å². The van der Waals surface area contributed by atoms with Crippen LogP contribution in [0, 0.1) is 0 Å². The van der Waals surface area contributed by atoms with Crippen molar-refractivity contribution in [2.45, 2.75) is 19.6 Å². The first kappa shape index (κ1) is 17.6. The van der Waals surface area contributed by atoms with E-state index in [2.05, 4.69) is 0 Å². The van der Waals surface area contributed by atoms with Gasteiger partial charge < -0.3 is 19.9 Å². The van der Waals surface area contributed by atoms with Gasteiger partial charge in [0.15, 0.2) is 11.5 Å². The molecule has 0 aliphatic carbocycles. The molecule has 1 atom stereocenters. The SMILES string of the molecule is CCOc1cc(C[NH2+]C[C@H](O)c2ccccc2)cc(Cl)c1OC. The molecule has 3 N–H and O–H groups in total. The lowest BCUT2D eigenvalue weighted by molar-refractivity contribution is -0.677. The van der Waals surface area contributed by atoms with Gasteiger partial charge in [0.05, 0.1) is 18.7 Å². The first-order chi connectivity index (χ1) is 11.2. The maximum atomic E-state index is 10.2. The molecule has 0 amide bonds. The summed E-state index contributed by atoms with van der Waals surface area (Å²) in [5.41, 5.74) is 1.95. The normalized spacial score (nSPS) is 12.0. The summed E-state index contributed by atoms with van der Waals surface area (Å²) >= 11 is 6.24. The molecule has 2 aromatic rings. The minimum absolute atomic E-state index is 0.490. The quantitative estimate of drug-likeness (QED) is 0.779. The zero-order valence-electron chi connectivity index (χ0n) is 13.5. The summed E-state index contributed by atoms with van der Waals surface area (Å²) < 4.78 is 10.9. The van der Waals surface area contributed by atoms with Crippen LogP contribution in [0.5, 0.6) is 11.5 Å². The molecule has 0 aromatic heterocycles. The largest absolute Gasteiger partial charge is 0.491 e. The van der Waals surface area contributed by atoms with Crippen LogP contribution in [0.25, 0.3) is 0 Å². The maximum Gasteiger partial charge on any atom is 0.179 e. The van der Waals surface area contributed by atoms with Gasteiger partial charge in [-0.1, -0.05) is 41.9 Å². The highest BCUT2D eigenvalue weighted by Gasteiger charge is 2.13. The lowest BCUT2D eigenvalue weighted by atomic mass is 10.1. The van der Waals surface area contributed by atoms with E-state index < -0.39 is 6.10 Å². The number of nitrogens with two attached hydrogens (primary N) is 1. The van der Waals surface area contributed by atoms with Crippen LogP contribution in [0.3, 0.4) is 0 Å². The molecule has 0 aliphatic heterocycles. The third-order valence-electron chi connectivity index (χ3n) is 3.53. The first-order valence-corrected chi connectivity index (χ1v) is 8.07. The van der Waals surface area contributed by atoms with E-state index in [9.17, 15) is 5.11 Å². The number of aliphatic hydroxyl groups is 1. The number of hydrogen-bond acceptors (Lipinski definition) is 3. The molecule has 0 spiro atoms. The Bertz CT molecular complexity index is 619. The van der Waals surface area contributed by atoms with Crippen molar-refractivity contribution in [1.82, 2.24) is 0 Å². The summed E-state index contributed by atoms with van der Waals surface area (Å²) in [5, 5.41) is 12.8. The van der Waals surface area contributed by atoms with Gasteiger partial charge in [-0.05, 0) is 24.6 Å². The molecule has 124 valence electrons. The van der Waals surface area contributed by atoms with E-state index in [1.807, 2.05) is 54.7 Å². The fraction of sp³-hybridized carbons (Fsp3) is 0.333. The summed E-state index contributed by atoms with van der Waals surface area (Å²) in [6.07, 6.45) is -0.490. The van der Waals surface area contributed by atoms with Crippen LogP contribution in [-0.2, 0) is 6.54 Å². The van der Waals surface area contributed by atoms with Gasteiger partial charge in [0.25, 0.3) is 0 Å². The summed E-state index contributed by atoms with van der Waals surface area (Å²) in [7, 11) is 1.58. The van der Waals surface area contributed by atoms with E-state index in [0.717, 1.165) is 11.1 Å². The van der Waals surface area contributed by atoms with Crippen molar-refractivity contribution >= 4 is 11.6 Å². The first-order valence-electron chi connectivity index (χ1n) is 7.69. The summed E-state index contributed by atoms with van der Waals surface area (Å²) in [4.78, 5) is 0. The zero-order chi connectivity index (χ0) is 16.7. The van der Waals surface area contributed by atoms with Crippen LogP contribution in [0.1, 0.15) is 24.2 Å². The van der Waals surface area contributed by atoms with Crippen LogP contribution in [0.2, 0.25) is 5.02 Å². The van der Waals surface area contributed by atoms with Crippen molar-refractivity contribution in [3.8, 4) is 11.5 Å². The molecule has 0 fully saturated rings. The minimum Gasteiger partial charge on any atom is -0.491 e. The van der Waals surface area contributed by atoms with Crippen molar-refractivity contribution in [2.24, 2.45) is 0 Å². The highest BCUT2D eigenvalue weighted by molar-refractivity contribution is 6.32. The van der Waals surface area contributed by atoms with Crippen LogP contribution in [-0.4, -0.2) is 25.4 Å². The maximum absolute atomic E-state index is 10.2. The molecule has 0 bridgehead atoms. The average Bonchev–Trinajstić information content (AvgIpc) is 2.56. The Kier molecular flexibility index (Phi) is 6.71. The Labute approximate surface area is 142 Å². The Morgan fingerprint density at radius 3 is 2.61 bits per heavy atom. The minimum atomic E-state index is -0.490. The van der Waals surface area contributed by atoms with E-state index in [1.165, 1.54) is 0 Å². The zero-order valence-corrected chi connectivity index (χ0v) is 14.2. The topological polar surface area (TPSA) is 55.3 Å². The third-order valence-corrected chi connectivity index (χ3v) is 3.81. The molecule has 5 heteroatoms. The molecule has 0 heterocycles. The van der Waals surface area contributed by atoms with Crippen LogP contribution in [0.4, 0.5) is 0 Å². The molecule has 2 rings (SSSR count). The number of aliphatic hydroxyl groups excluding tert-OH is 1. The molecular formula is C18H23ClNO3+. The van der Waals surface area contributed by atoms with Crippen LogP contribution in [0.15, 0.2) is 42.5 Å². The van der Waals surface area contributed by atoms with E-state index in [-0.39, 0.29) is 0 Å². The van der Waals surface area contributed by atoms with Gasteiger partial charge in [-0.15, -0.1) is 0 Å². The van der Waals surface area contributed by atoms with Gasteiger partial charge in [0.1, 0.15) is 19.2 Å². The molecule has 0 saturated heterocycles. The Balaban J connectivity index is 1.98. The summed E-state index contributed by atoms with van der Waals surface area (Å²) in [6, 6.07) is 13.4. The predicted octanol–water partition coefficient (Wildman–Crippen LogP) is 2.54. The lowest BCUT2D eigenvalue weighted by Gasteiger charge is -2.13. The van der Waals surface area contributed by atoms with Gasteiger partial charge in [0, 0.05) is 5.56 Å². The molecule has 2 aromatic carbocycles. The fourth-order valence-corrected chi connectivity index (χ4v) is 2.73. The number of quaternary nitrogens is 1. The molecule has 0 aliphatic rings. The second-order valence-corrected chi connectivity index (χ2v) is 5.60. The molecule has 0 unspecified atom stereocenters. The Morgan fingerprint density at radius 1 is 1.22 bits per heavy atom. The average molecular weight is 337 g/mol. The highest BCUT2D eigenvalue weighted by atomic mass is 35.5. The standard InChI is InChI=1S/C18H22ClNO3/c1-3-23-17-10-13(9-15(19)18(17)22-2)11-20-12-16(21)14-7-5-4-6-8-14/h4-10,16,20-21H,3,11-12H2,1-2H3/p+1/t16-/m0/s1. The van der Waals surface area contributed by atoms with E-state index >= 15 is 0 Å². The molecule has 23 heavy (non-hydrogen) atoms. The van der Waals surface area contributed by atoms with E-state index in [1.54, 1.807) is 7.11 Å². The second-order valence-electron chi connectivity index (χ2n) is 5.20. The number of halogens is 1. The van der Waals surface area contributed by atoms with Gasteiger partial charge >= 0.3 is 0 Å². The molecule has 0 radical (unpaired) electrons. The summed E-state index contributed by atoms with van der Waals surface area (Å²) in [5.74, 6) is 1.20. The van der Waals surface area contributed by atoms with Crippen molar-refractivity contribution in [3.63, 3.8) is 0 Å². The number of methoxy groups -OCH3 is 1. The lowest BCUT2D eigenvalue weighted by Crippen LogP contribution is -2.83. The highest BCUT2D eigenvalue weighted by Crippen LogP contribution is 2.36. The van der Waals surface area contributed by atoms with Gasteiger partial charge in [0.2, 0.25) is 0 Å². The third kappa shape index (κ3) is 4.86. The molecular weight excluding hydrogens is 314 g/mol. The monoisotopic (exact) mass is 336 g/mol. The van der Waals surface area contributed by atoms with Crippen molar-refractivity contribution in [1.29, 1.82) is 0 Å². The Morgan fingerprint density at radius 2 is 1.96 bits per heavy atom. The van der Waals surface area contributed by atoms with Crippen molar-refractivity contribution in [2.75, 3.05) is 20.3 Å². The van der Waals surface area contributed by atoms with Crippen molar-refractivity contribution in [3.05, 3.63) is 58.6 Å². The van der Waals surface area contributed by atoms with E-state index in [0.29, 0.717) is 36.2 Å². The fourth-order valence-electron chi connectivity index (χ4n) is 2.42. The number of rotatable bonds is 8. The van der Waals surface area contributed by atoms with E-state index in [4.69, 9.17) is 21.1 Å². The second kappa shape index (κ2) is 8.77. The number of ether oxygens (including phenoxy) is 2. The predicted molar refractivity (Wildman–Crippen MR) is 91.1 cm³/mol. The van der Waals surface area contributed by atoms with Gasteiger partial charge in [-0.3, -0.25) is 0 Å².